The van der Waals surface area contributed by atoms with Gasteiger partial charge in [-0.15, -0.1) is 0 Å². The number of aromatic nitrogens is 2. The van der Waals surface area contributed by atoms with Crippen molar-refractivity contribution in [2.24, 2.45) is 11.3 Å². The third kappa shape index (κ3) is 1.85. The summed E-state index contributed by atoms with van der Waals surface area (Å²) in [7, 11) is 0. The smallest absolute Gasteiger partial charge is 0.145 e. The number of H-pyrrole nitrogens is 1. The highest BCUT2D eigenvalue weighted by atomic mass is 15.1. The minimum atomic E-state index is 0.589. The van der Waals surface area contributed by atoms with Crippen molar-refractivity contribution >= 4 is 5.82 Å². The number of anilines is 1. The van der Waals surface area contributed by atoms with Gasteiger partial charge in [0.15, 0.2) is 0 Å². The molecule has 0 saturated heterocycles. The van der Waals surface area contributed by atoms with Crippen molar-refractivity contribution < 1.29 is 0 Å². The molecular weight excluding hydrogens is 162 g/mol. The van der Waals surface area contributed by atoms with E-state index >= 15 is 0 Å². The van der Waals surface area contributed by atoms with E-state index in [1.165, 1.54) is 18.5 Å². The Kier molecular flexibility index (Phi) is 1.82. The van der Waals surface area contributed by atoms with Crippen LogP contribution in [0.2, 0.25) is 0 Å². The number of nitrogens with two attached hydrogens (primary N) is 1. The molecule has 1 fully saturated rings. The molecule has 0 spiro atoms. The molecule has 3 N–H and O–H groups in total. The molecule has 1 atom stereocenters. The summed E-state index contributed by atoms with van der Waals surface area (Å²) in [5.74, 6) is 1.50. The predicted molar refractivity (Wildman–Crippen MR) is 53.2 cm³/mol. The number of nitrogen functional groups attached to an aromatic ring is 1. The summed E-state index contributed by atoms with van der Waals surface area (Å²) in [5, 5.41) is 6.85. The van der Waals surface area contributed by atoms with Gasteiger partial charge in [0.1, 0.15) is 5.82 Å². The van der Waals surface area contributed by atoms with Crippen LogP contribution in [0.25, 0.3) is 0 Å². The second-order valence-electron chi connectivity index (χ2n) is 4.75. The van der Waals surface area contributed by atoms with Crippen LogP contribution in [-0.4, -0.2) is 10.2 Å². The molecule has 1 aliphatic rings. The summed E-state index contributed by atoms with van der Waals surface area (Å²) in [6.07, 6.45) is 3.71. The fraction of sp³-hybridized carbons (Fsp3) is 0.700. The van der Waals surface area contributed by atoms with Crippen LogP contribution in [0.3, 0.4) is 0 Å². The second kappa shape index (κ2) is 2.76. The average molecular weight is 179 g/mol. The Balaban J connectivity index is 1.81. The van der Waals surface area contributed by atoms with E-state index < -0.39 is 0 Å². The lowest BCUT2D eigenvalue weighted by molar-refractivity contribution is 0.530. The molecule has 1 unspecified atom stereocenters. The Bertz CT molecular complexity index is 301. The SMILES string of the molecule is CC1(C)CC1CCc1cc(N)n[nH]1. The van der Waals surface area contributed by atoms with Gasteiger partial charge in [-0.1, -0.05) is 13.8 Å². The highest BCUT2D eigenvalue weighted by Crippen LogP contribution is 2.53. The number of aromatic amines is 1. The molecule has 1 heterocycles. The number of hydrogen-bond acceptors (Lipinski definition) is 2. The third-order valence-corrected chi connectivity index (χ3v) is 3.13. The van der Waals surface area contributed by atoms with Crippen LogP contribution in [0.5, 0.6) is 0 Å². The van der Waals surface area contributed by atoms with E-state index in [2.05, 4.69) is 24.0 Å². The van der Waals surface area contributed by atoms with Crippen molar-refractivity contribution in [2.45, 2.75) is 33.1 Å². The van der Waals surface area contributed by atoms with Gasteiger partial charge in [-0.3, -0.25) is 5.10 Å². The van der Waals surface area contributed by atoms with Crippen molar-refractivity contribution in [3.63, 3.8) is 0 Å². The zero-order valence-electron chi connectivity index (χ0n) is 8.30. The lowest BCUT2D eigenvalue weighted by atomic mass is 10.1. The maximum absolute atomic E-state index is 5.51. The number of nitrogens with one attached hydrogen (secondary N) is 1. The van der Waals surface area contributed by atoms with Crippen LogP contribution in [0.15, 0.2) is 6.07 Å². The monoisotopic (exact) mass is 179 g/mol. The van der Waals surface area contributed by atoms with E-state index in [4.69, 9.17) is 5.73 Å². The lowest BCUT2D eigenvalue weighted by Gasteiger charge is -2.00. The molecule has 0 amide bonds. The molecule has 1 aromatic heterocycles. The predicted octanol–water partition coefficient (Wildman–Crippen LogP) is 1.97. The van der Waals surface area contributed by atoms with E-state index in [0.29, 0.717) is 11.2 Å². The summed E-state index contributed by atoms with van der Waals surface area (Å²) >= 11 is 0. The van der Waals surface area contributed by atoms with Gasteiger partial charge in [-0.2, -0.15) is 5.10 Å². The van der Waals surface area contributed by atoms with E-state index in [0.717, 1.165) is 12.3 Å². The molecule has 1 aliphatic carbocycles. The molecule has 0 aromatic carbocycles. The molecule has 3 heteroatoms. The van der Waals surface area contributed by atoms with Gasteiger partial charge in [0, 0.05) is 11.8 Å². The minimum Gasteiger partial charge on any atom is -0.382 e. The van der Waals surface area contributed by atoms with Crippen molar-refractivity contribution in [1.29, 1.82) is 0 Å². The molecule has 0 aliphatic heterocycles. The molecule has 0 bridgehead atoms. The Labute approximate surface area is 78.7 Å². The first kappa shape index (κ1) is 8.60. The van der Waals surface area contributed by atoms with E-state index in [-0.39, 0.29) is 0 Å². The number of nitrogens with zero attached hydrogens (tertiary/aromatic N) is 1. The molecule has 72 valence electrons. The molecular formula is C10H17N3. The summed E-state index contributed by atoms with van der Waals surface area (Å²) in [6, 6.07) is 1.93. The van der Waals surface area contributed by atoms with E-state index in [9.17, 15) is 0 Å². The zero-order chi connectivity index (χ0) is 9.47. The number of aryl methyl sites for hydroxylation is 1. The van der Waals surface area contributed by atoms with Gasteiger partial charge in [0.05, 0.1) is 0 Å². The Hall–Kier alpha value is -0.990. The standard InChI is InChI=1S/C10H17N3/c1-10(2)6-7(10)3-4-8-5-9(11)13-12-8/h5,7H,3-4,6H2,1-2H3,(H3,11,12,13). The molecule has 3 nitrogen and oxygen atoms in total. The summed E-state index contributed by atoms with van der Waals surface area (Å²) in [6.45, 7) is 4.66. The first-order valence-corrected chi connectivity index (χ1v) is 4.88. The normalized spacial score (nSPS) is 24.6. The van der Waals surface area contributed by atoms with Crippen molar-refractivity contribution in [2.75, 3.05) is 5.73 Å². The fourth-order valence-corrected chi connectivity index (χ4v) is 1.91. The minimum absolute atomic E-state index is 0.589. The van der Waals surface area contributed by atoms with Crippen LogP contribution in [0, 0.1) is 11.3 Å². The van der Waals surface area contributed by atoms with Crippen LogP contribution in [-0.2, 0) is 6.42 Å². The highest BCUT2D eigenvalue weighted by Gasteiger charge is 2.44. The van der Waals surface area contributed by atoms with Gasteiger partial charge in [-0.05, 0) is 30.6 Å². The topological polar surface area (TPSA) is 54.7 Å². The Morgan fingerprint density at radius 1 is 1.69 bits per heavy atom. The molecule has 1 aromatic rings. The van der Waals surface area contributed by atoms with Crippen molar-refractivity contribution in [3.8, 4) is 0 Å². The molecule has 2 rings (SSSR count). The van der Waals surface area contributed by atoms with Crippen LogP contribution >= 0.6 is 0 Å². The first-order chi connectivity index (χ1) is 6.08. The summed E-state index contributed by atoms with van der Waals surface area (Å²) in [5.41, 5.74) is 7.27. The van der Waals surface area contributed by atoms with Gasteiger partial charge in [-0.25, -0.2) is 0 Å². The molecule has 1 saturated carbocycles. The number of hydrogen-bond donors (Lipinski definition) is 2. The second-order valence-corrected chi connectivity index (χ2v) is 4.75. The van der Waals surface area contributed by atoms with Gasteiger partial charge < -0.3 is 5.73 Å². The van der Waals surface area contributed by atoms with E-state index in [1.807, 2.05) is 6.07 Å². The number of rotatable bonds is 3. The Morgan fingerprint density at radius 2 is 2.38 bits per heavy atom. The maximum atomic E-state index is 5.51. The van der Waals surface area contributed by atoms with Gasteiger partial charge in [0.25, 0.3) is 0 Å². The highest BCUT2D eigenvalue weighted by molar-refractivity contribution is 5.28. The Morgan fingerprint density at radius 3 is 2.85 bits per heavy atom. The largest absolute Gasteiger partial charge is 0.382 e. The van der Waals surface area contributed by atoms with Crippen LogP contribution in [0.1, 0.15) is 32.4 Å². The lowest BCUT2D eigenvalue weighted by Crippen LogP contribution is -1.93. The van der Waals surface area contributed by atoms with Crippen molar-refractivity contribution in [3.05, 3.63) is 11.8 Å². The average Bonchev–Trinajstić information content (AvgIpc) is 2.45. The van der Waals surface area contributed by atoms with E-state index in [1.54, 1.807) is 0 Å². The zero-order valence-corrected chi connectivity index (χ0v) is 8.30. The molecule has 0 radical (unpaired) electrons. The van der Waals surface area contributed by atoms with Gasteiger partial charge in [0.2, 0.25) is 0 Å². The van der Waals surface area contributed by atoms with Crippen LogP contribution < -0.4 is 5.73 Å². The van der Waals surface area contributed by atoms with Gasteiger partial charge >= 0.3 is 0 Å². The quantitative estimate of drug-likeness (QED) is 0.745. The first-order valence-electron chi connectivity index (χ1n) is 4.88. The summed E-state index contributed by atoms with van der Waals surface area (Å²) < 4.78 is 0. The van der Waals surface area contributed by atoms with Crippen molar-refractivity contribution in [1.82, 2.24) is 10.2 Å². The third-order valence-electron chi connectivity index (χ3n) is 3.13. The van der Waals surface area contributed by atoms with Crippen LogP contribution in [0.4, 0.5) is 5.82 Å². The molecule has 13 heavy (non-hydrogen) atoms. The maximum Gasteiger partial charge on any atom is 0.145 e. The fourth-order valence-electron chi connectivity index (χ4n) is 1.91. The summed E-state index contributed by atoms with van der Waals surface area (Å²) in [4.78, 5) is 0.